The van der Waals surface area contributed by atoms with Crippen LogP contribution in [0.5, 0.6) is 0 Å². The third kappa shape index (κ3) is 5.76. The molecule has 142 valence electrons. The fraction of sp³-hybridized carbons (Fsp3) is 0.471. The minimum absolute atomic E-state index is 0.308. The standard InChI is InChI=1S/C17H21F3N4OS/c1-3-4-5-10-24-11-21-23-16(24)26-12(2)15(25)22-14-8-6-13(7-9-14)17(18,19)20/h6-9,11-12H,3-5,10H2,1-2H3,(H,22,25)/t12-/m0/s1. The summed E-state index contributed by atoms with van der Waals surface area (Å²) in [5.41, 5.74) is -0.432. The van der Waals surface area contributed by atoms with E-state index in [0.29, 0.717) is 10.8 Å². The third-order valence-electron chi connectivity index (χ3n) is 3.71. The molecule has 0 unspecified atom stereocenters. The average molecular weight is 386 g/mol. The quantitative estimate of drug-likeness (QED) is 0.532. The van der Waals surface area contributed by atoms with E-state index in [9.17, 15) is 18.0 Å². The Kier molecular flexibility index (Phi) is 7.07. The first-order valence-electron chi connectivity index (χ1n) is 8.34. The number of rotatable bonds is 8. The van der Waals surface area contributed by atoms with E-state index in [-0.39, 0.29) is 5.91 Å². The van der Waals surface area contributed by atoms with Gasteiger partial charge < -0.3 is 9.88 Å². The van der Waals surface area contributed by atoms with Crippen molar-refractivity contribution in [1.29, 1.82) is 0 Å². The summed E-state index contributed by atoms with van der Waals surface area (Å²) in [6, 6.07) is 4.37. The smallest absolute Gasteiger partial charge is 0.325 e. The zero-order chi connectivity index (χ0) is 19.2. The number of nitrogens with one attached hydrogen (secondary N) is 1. The predicted octanol–water partition coefficient (Wildman–Crippen LogP) is 4.61. The van der Waals surface area contributed by atoms with Gasteiger partial charge in [0.25, 0.3) is 0 Å². The van der Waals surface area contributed by atoms with Crippen LogP contribution in [0.4, 0.5) is 18.9 Å². The number of hydrogen-bond acceptors (Lipinski definition) is 4. The molecule has 0 aliphatic rings. The van der Waals surface area contributed by atoms with E-state index in [0.717, 1.165) is 37.9 Å². The summed E-state index contributed by atoms with van der Waals surface area (Å²) in [4.78, 5) is 12.3. The second-order valence-electron chi connectivity index (χ2n) is 5.84. The van der Waals surface area contributed by atoms with Crippen molar-refractivity contribution < 1.29 is 18.0 Å². The summed E-state index contributed by atoms with van der Waals surface area (Å²) < 4.78 is 39.6. The summed E-state index contributed by atoms with van der Waals surface area (Å²) in [5, 5.41) is 10.7. The molecule has 0 spiro atoms. The van der Waals surface area contributed by atoms with Crippen LogP contribution in [0.3, 0.4) is 0 Å². The molecule has 1 heterocycles. The highest BCUT2D eigenvalue weighted by molar-refractivity contribution is 8.00. The molecule has 1 amide bonds. The average Bonchev–Trinajstić information content (AvgIpc) is 3.02. The number of unbranched alkanes of at least 4 members (excludes halogenated alkanes) is 2. The zero-order valence-corrected chi connectivity index (χ0v) is 15.4. The van der Waals surface area contributed by atoms with Crippen LogP contribution in [-0.4, -0.2) is 25.9 Å². The third-order valence-corrected chi connectivity index (χ3v) is 4.81. The molecule has 2 aromatic rings. The number of thioether (sulfide) groups is 1. The number of carbonyl (C=O) groups excluding carboxylic acids is 1. The van der Waals surface area contributed by atoms with Crippen LogP contribution in [0.15, 0.2) is 35.7 Å². The normalized spacial score (nSPS) is 12.8. The van der Waals surface area contributed by atoms with Gasteiger partial charge in [-0.2, -0.15) is 13.2 Å². The second-order valence-corrected chi connectivity index (χ2v) is 7.15. The number of amides is 1. The van der Waals surface area contributed by atoms with E-state index in [2.05, 4.69) is 22.4 Å². The molecule has 1 atom stereocenters. The minimum Gasteiger partial charge on any atom is -0.325 e. The molecule has 9 heteroatoms. The van der Waals surface area contributed by atoms with E-state index in [1.54, 1.807) is 13.3 Å². The number of carbonyl (C=O) groups is 1. The van der Waals surface area contributed by atoms with E-state index >= 15 is 0 Å². The zero-order valence-electron chi connectivity index (χ0n) is 14.6. The summed E-state index contributed by atoms with van der Waals surface area (Å²) in [6.07, 6.45) is 0.461. The van der Waals surface area contributed by atoms with Crippen LogP contribution in [0.2, 0.25) is 0 Å². The number of nitrogens with zero attached hydrogens (tertiary/aromatic N) is 3. The van der Waals surface area contributed by atoms with Gasteiger partial charge in [0, 0.05) is 12.2 Å². The van der Waals surface area contributed by atoms with Gasteiger partial charge in [0.2, 0.25) is 5.91 Å². The first-order valence-corrected chi connectivity index (χ1v) is 9.21. The topological polar surface area (TPSA) is 59.8 Å². The molecule has 0 saturated carbocycles. The summed E-state index contributed by atoms with van der Waals surface area (Å²) in [5.74, 6) is -0.308. The summed E-state index contributed by atoms with van der Waals surface area (Å²) in [7, 11) is 0. The van der Waals surface area contributed by atoms with Gasteiger partial charge in [-0.1, -0.05) is 31.5 Å². The molecule has 26 heavy (non-hydrogen) atoms. The van der Waals surface area contributed by atoms with Crippen molar-refractivity contribution in [3.8, 4) is 0 Å². The number of alkyl halides is 3. The van der Waals surface area contributed by atoms with Crippen LogP contribution in [0.1, 0.15) is 38.7 Å². The van der Waals surface area contributed by atoms with E-state index in [4.69, 9.17) is 0 Å². The van der Waals surface area contributed by atoms with Crippen LogP contribution in [0.25, 0.3) is 0 Å². The molecular weight excluding hydrogens is 365 g/mol. The van der Waals surface area contributed by atoms with Gasteiger partial charge in [0.15, 0.2) is 5.16 Å². The van der Waals surface area contributed by atoms with Gasteiger partial charge in [-0.05, 0) is 37.6 Å². The highest BCUT2D eigenvalue weighted by Gasteiger charge is 2.30. The molecule has 0 bridgehead atoms. The molecule has 1 aromatic carbocycles. The van der Waals surface area contributed by atoms with Gasteiger partial charge in [0.1, 0.15) is 6.33 Å². The maximum absolute atomic E-state index is 12.6. The van der Waals surface area contributed by atoms with Gasteiger partial charge in [0.05, 0.1) is 10.8 Å². The lowest BCUT2D eigenvalue weighted by molar-refractivity contribution is -0.137. The lowest BCUT2D eigenvalue weighted by Gasteiger charge is -2.13. The van der Waals surface area contributed by atoms with Gasteiger partial charge in [-0.3, -0.25) is 4.79 Å². The van der Waals surface area contributed by atoms with Gasteiger partial charge >= 0.3 is 6.18 Å². The number of benzene rings is 1. The first kappa shape index (κ1) is 20.3. The Morgan fingerprint density at radius 3 is 2.58 bits per heavy atom. The second kappa shape index (κ2) is 9.07. The van der Waals surface area contributed by atoms with Crippen LogP contribution in [0, 0.1) is 0 Å². The van der Waals surface area contributed by atoms with E-state index in [1.807, 2.05) is 4.57 Å². The molecule has 5 nitrogen and oxygen atoms in total. The Hall–Kier alpha value is -2.03. The molecule has 0 radical (unpaired) electrons. The van der Waals surface area contributed by atoms with E-state index < -0.39 is 17.0 Å². The molecule has 1 N–H and O–H groups in total. The Bertz CT molecular complexity index is 716. The maximum atomic E-state index is 12.6. The van der Waals surface area contributed by atoms with Gasteiger partial charge in [-0.15, -0.1) is 10.2 Å². The number of halogens is 3. The van der Waals surface area contributed by atoms with Crippen molar-refractivity contribution >= 4 is 23.4 Å². The van der Waals surface area contributed by atoms with Crippen molar-refractivity contribution in [2.24, 2.45) is 0 Å². The van der Waals surface area contributed by atoms with Crippen LogP contribution >= 0.6 is 11.8 Å². The SMILES string of the molecule is CCCCCn1cnnc1S[C@@H](C)C(=O)Nc1ccc(C(F)(F)F)cc1. The van der Waals surface area contributed by atoms with Crippen LogP contribution in [-0.2, 0) is 17.5 Å². The molecule has 1 aromatic heterocycles. The largest absolute Gasteiger partial charge is 0.416 e. The molecule has 0 saturated heterocycles. The first-order chi connectivity index (χ1) is 12.3. The molecule has 0 fully saturated rings. The molecule has 0 aliphatic heterocycles. The van der Waals surface area contributed by atoms with Crippen molar-refractivity contribution in [3.05, 3.63) is 36.2 Å². The number of anilines is 1. The number of aromatic nitrogens is 3. The van der Waals surface area contributed by atoms with Crippen molar-refractivity contribution in [3.63, 3.8) is 0 Å². The fourth-order valence-electron chi connectivity index (χ4n) is 2.22. The van der Waals surface area contributed by atoms with Crippen molar-refractivity contribution in [2.75, 3.05) is 5.32 Å². The van der Waals surface area contributed by atoms with Crippen LogP contribution < -0.4 is 5.32 Å². The highest BCUT2D eigenvalue weighted by atomic mass is 32.2. The summed E-state index contributed by atoms with van der Waals surface area (Å²) >= 11 is 1.27. The molecular formula is C17H21F3N4OS. The Labute approximate surface area is 154 Å². The lowest BCUT2D eigenvalue weighted by atomic mass is 10.2. The number of aryl methyl sites for hydroxylation is 1. The Morgan fingerprint density at radius 1 is 1.27 bits per heavy atom. The highest BCUT2D eigenvalue weighted by Crippen LogP contribution is 2.30. The number of hydrogen-bond donors (Lipinski definition) is 1. The van der Waals surface area contributed by atoms with Gasteiger partial charge in [-0.25, -0.2) is 0 Å². The Morgan fingerprint density at radius 2 is 1.96 bits per heavy atom. The maximum Gasteiger partial charge on any atom is 0.416 e. The van der Waals surface area contributed by atoms with Crippen molar-refractivity contribution in [1.82, 2.24) is 14.8 Å². The Balaban J connectivity index is 1.93. The minimum atomic E-state index is -4.40. The molecule has 2 rings (SSSR count). The molecule has 0 aliphatic carbocycles. The lowest BCUT2D eigenvalue weighted by Crippen LogP contribution is -2.23. The predicted molar refractivity (Wildman–Crippen MR) is 94.9 cm³/mol. The monoisotopic (exact) mass is 386 g/mol. The van der Waals surface area contributed by atoms with Crippen molar-refractivity contribution in [2.45, 2.75) is 56.2 Å². The van der Waals surface area contributed by atoms with E-state index in [1.165, 1.54) is 23.9 Å². The summed E-state index contributed by atoms with van der Waals surface area (Å²) in [6.45, 7) is 4.63. The fourth-order valence-corrected chi connectivity index (χ4v) is 3.07.